The Kier molecular flexibility index (Phi) is 5.33. The molecular weight excluding hydrogens is 350 g/mol. The van der Waals surface area contributed by atoms with Gasteiger partial charge in [0.05, 0.1) is 11.3 Å². The topological polar surface area (TPSA) is 52.7 Å². The summed E-state index contributed by atoms with van der Waals surface area (Å²) in [6.45, 7) is 4.34. The maximum atomic E-state index is 12.9. The SMILES string of the molecule is CCN1c2cc(C(=O)NCCc3ccccc3)ccc2C(=O)N2CCCC[C@H]21. The molecule has 0 saturated carbocycles. The minimum absolute atomic E-state index is 0.0895. The van der Waals surface area contributed by atoms with Crippen LogP contribution in [0.4, 0.5) is 5.69 Å². The van der Waals surface area contributed by atoms with Crippen LogP contribution in [0.2, 0.25) is 0 Å². The number of rotatable bonds is 5. The van der Waals surface area contributed by atoms with Gasteiger partial charge in [-0.3, -0.25) is 9.59 Å². The molecule has 1 N–H and O–H groups in total. The number of carbonyl (C=O) groups excluding carboxylic acids is 2. The number of amides is 2. The number of carbonyl (C=O) groups is 2. The molecule has 2 heterocycles. The second-order valence-corrected chi connectivity index (χ2v) is 7.48. The number of fused-ring (bicyclic) bond motifs is 2. The zero-order valence-electron chi connectivity index (χ0n) is 16.4. The first kappa shape index (κ1) is 18.5. The molecule has 1 atom stereocenters. The first-order valence-electron chi connectivity index (χ1n) is 10.2. The van der Waals surface area contributed by atoms with Gasteiger partial charge in [-0.15, -0.1) is 0 Å². The van der Waals surface area contributed by atoms with Crippen LogP contribution in [0.3, 0.4) is 0 Å². The summed E-state index contributed by atoms with van der Waals surface area (Å²) in [7, 11) is 0. The van der Waals surface area contributed by atoms with E-state index >= 15 is 0 Å². The van der Waals surface area contributed by atoms with Crippen molar-refractivity contribution in [2.45, 2.75) is 38.8 Å². The van der Waals surface area contributed by atoms with Crippen LogP contribution >= 0.6 is 0 Å². The second kappa shape index (κ2) is 8.05. The van der Waals surface area contributed by atoms with Crippen molar-refractivity contribution in [1.82, 2.24) is 10.2 Å². The highest BCUT2D eigenvalue weighted by atomic mass is 16.2. The van der Waals surface area contributed by atoms with E-state index in [-0.39, 0.29) is 18.0 Å². The molecular formula is C23H27N3O2. The first-order chi connectivity index (χ1) is 13.7. The minimum atomic E-state index is -0.0895. The number of anilines is 1. The fourth-order valence-corrected chi connectivity index (χ4v) is 4.33. The molecule has 4 rings (SSSR count). The number of piperidine rings is 1. The van der Waals surface area contributed by atoms with Crippen molar-refractivity contribution in [3.63, 3.8) is 0 Å². The lowest BCUT2D eigenvalue weighted by Crippen LogP contribution is -2.57. The van der Waals surface area contributed by atoms with Crippen LogP contribution in [0.5, 0.6) is 0 Å². The first-order valence-corrected chi connectivity index (χ1v) is 10.2. The molecule has 2 aromatic rings. The summed E-state index contributed by atoms with van der Waals surface area (Å²) in [5.74, 6) is 0.00810. The molecule has 2 amide bonds. The van der Waals surface area contributed by atoms with Crippen LogP contribution in [-0.4, -0.2) is 42.5 Å². The standard InChI is InChI=1S/C23H27N3O2/c1-2-25-20-16-18(22(27)24-14-13-17-8-4-3-5-9-17)11-12-19(20)23(28)26-15-7-6-10-21(25)26/h3-5,8-9,11-12,16,21H,2,6-7,10,13-15H2,1H3,(H,24,27)/t21-/m0/s1. The summed E-state index contributed by atoms with van der Waals surface area (Å²) >= 11 is 0. The maximum Gasteiger partial charge on any atom is 0.257 e. The Morgan fingerprint density at radius 1 is 1.14 bits per heavy atom. The Morgan fingerprint density at radius 3 is 2.75 bits per heavy atom. The third-order valence-electron chi connectivity index (χ3n) is 5.77. The molecule has 0 aliphatic carbocycles. The molecule has 5 heteroatoms. The van der Waals surface area contributed by atoms with Gasteiger partial charge in [0.2, 0.25) is 0 Å². The van der Waals surface area contributed by atoms with Crippen molar-refractivity contribution in [3.8, 4) is 0 Å². The third kappa shape index (κ3) is 3.49. The van der Waals surface area contributed by atoms with E-state index in [1.807, 2.05) is 35.2 Å². The van der Waals surface area contributed by atoms with Crippen LogP contribution in [0.15, 0.2) is 48.5 Å². The van der Waals surface area contributed by atoms with E-state index in [9.17, 15) is 9.59 Å². The van der Waals surface area contributed by atoms with Crippen molar-refractivity contribution in [3.05, 3.63) is 65.2 Å². The molecule has 2 aliphatic rings. The number of nitrogens with zero attached hydrogens (tertiary/aromatic N) is 2. The third-order valence-corrected chi connectivity index (χ3v) is 5.77. The van der Waals surface area contributed by atoms with Crippen molar-refractivity contribution in [1.29, 1.82) is 0 Å². The molecule has 0 unspecified atom stereocenters. The van der Waals surface area contributed by atoms with Crippen molar-refractivity contribution in [2.75, 3.05) is 24.5 Å². The van der Waals surface area contributed by atoms with Crippen LogP contribution in [-0.2, 0) is 6.42 Å². The molecule has 146 valence electrons. The Morgan fingerprint density at radius 2 is 1.96 bits per heavy atom. The number of nitrogens with one attached hydrogen (secondary N) is 1. The minimum Gasteiger partial charge on any atom is -0.352 e. The van der Waals surface area contributed by atoms with E-state index in [0.29, 0.717) is 17.7 Å². The van der Waals surface area contributed by atoms with Gasteiger partial charge in [0.15, 0.2) is 0 Å². The van der Waals surface area contributed by atoms with Gasteiger partial charge in [-0.05, 0) is 56.4 Å². The normalized spacial score (nSPS) is 18.5. The van der Waals surface area contributed by atoms with Crippen molar-refractivity contribution >= 4 is 17.5 Å². The molecule has 2 aliphatic heterocycles. The zero-order valence-corrected chi connectivity index (χ0v) is 16.4. The fraction of sp³-hybridized carbons (Fsp3) is 0.391. The van der Waals surface area contributed by atoms with E-state index in [2.05, 4.69) is 29.3 Å². The zero-order chi connectivity index (χ0) is 19.5. The van der Waals surface area contributed by atoms with E-state index < -0.39 is 0 Å². The summed E-state index contributed by atoms with van der Waals surface area (Å²) in [4.78, 5) is 29.8. The van der Waals surface area contributed by atoms with Gasteiger partial charge in [0, 0.05) is 25.2 Å². The number of benzene rings is 2. The summed E-state index contributed by atoms with van der Waals surface area (Å²) in [5.41, 5.74) is 3.42. The van der Waals surface area contributed by atoms with E-state index in [1.165, 1.54) is 5.56 Å². The Hall–Kier alpha value is -2.82. The molecule has 5 nitrogen and oxygen atoms in total. The highest BCUT2D eigenvalue weighted by Crippen LogP contribution is 2.35. The van der Waals surface area contributed by atoms with E-state index in [1.54, 1.807) is 6.07 Å². The van der Waals surface area contributed by atoms with E-state index in [4.69, 9.17) is 0 Å². The van der Waals surface area contributed by atoms with Crippen molar-refractivity contribution < 1.29 is 9.59 Å². The molecule has 1 saturated heterocycles. The lowest BCUT2D eigenvalue weighted by atomic mass is 9.97. The number of hydrogen-bond donors (Lipinski definition) is 1. The summed E-state index contributed by atoms with van der Waals surface area (Å²) in [6, 6.07) is 15.6. The predicted octanol–water partition coefficient (Wildman–Crippen LogP) is 3.45. The molecule has 0 aromatic heterocycles. The molecule has 1 fully saturated rings. The highest BCUT2D eigenvalue weighted by molar-refractivity contribution is 6.04. The van der Waals surface area contributed by atoms with Gasteiger partial charge in [-0.1, -0.05) is 30.3 Å². The molecule has 2 aromatic carbocycles. The van der Waals surface area contributed by atoms with Gasteiger partial charge in [0.1, 0.15) is 6.17 Å². The molecule has 0 spiro atoms. The lowest BCUT2D eigenvalue weighted by molar-refractivity contribution is 0.0582. The van der Waals surface area contributed by atoms with E-state index in [0.717, 1.165) is 44.5 Å². The van der Waals surface area contributed by atoms with Crippen molar-refractivity contribution in [2.24, 2.45) is 0 Å². The number of hydrogen-bond acceptors (Lipinski definition) is 3. The summed E-state index contributed by atoms with van der Waals surface area (Å²) < 4.78 is 0. The Bertz CT molecular complexity index is 865. The van der Waals surface area contributed by atoms with Crippen LogP contribution < -0.4 is 10.2 Å². The quantitative estimate of drug-likeness (QED) is 0.868. The van der Waals surface area contributed by atoms with Gasteiger partial charge < -0.3 is 15.1 Å². The maximum absolute atomic E-state index is 12.9. The lowest BCUT2D eigenvalue weighted by Gasteiger charge is -2.47. The Balaban J connectivity index is 1.51. The van der Waals surface area contributed by atoms with Gasteiger partial charge in [-0.2, -0.15) is 0 Å². The van der Waals surface area contributed by atoms with Gasteiger partial charge in [-0.25, -0.2) is 0 Å². The highest BCUT2D eigenvalue weighted by Gasteiger charge is 2.38. The predicted molar refractivity (Wildman–Crippen MR) is 111 cm³/mol. The molecule has 0 bridgehead atoms. The fourth-order valence-electron chi connectivity index (χ4n) is 4.33. The smallest absolute Gasteiger partial charge is 0.257 e. The summed E-state index contributed by atoms with van der Waals surface area (Å²) in [6.07, 6.45) is 4.12. The van der Waals surface area contributed by atoms with Gasteiger partial charge >= 0.3 is 0 Å². The largest absolute Gasteiger partial charge is 0.352 e. The average Bonchev–Trinajstić information content (AvgIpc) is 2.74. The van der Waals surface area contributed by atoms with Crippen LogP contribution in [0.1, 0.15) is 52.5 Å². The second-order valence-electron chi connectivity index (χ2n) is 7.48. The van der Waals surface area contributed by atoms with Crippen LogP contribution in [0, 0.1) is 0 Å². The monoisotopic (exact) mass is 377 g/mol. The Labute approximate surface area is 166 Å². The average molecular weight is 377 g/mol. The van der Waals surface area contributed by atoms with Crippen LogP contribution in [0.25, 0.3) is 0 Å². The summed E-state index contributed by atoms with van der Waals surface area (Å²) in [5, 5.41) is 3.00. The molecule has 28 heavy (non-hydrogen) atoms. The molecule has 0 radical (unpaired) electrons. The van der Waals surface area contributed by atoms with Gasteiger partial charge in [0.25, 0.3) is 11.8 Å².